The predicted molar refractivity (Wildman–Crippen MR) is 91.2 cm³/mol. The third kappa shape index (κ3) is 8.97. The maximum atomic E-state index is 12.3. The molecule has 0 heterocycles. The van der Waals surface area contributed by atoms with Gasteiger partial charge < -0.3 is 32.9 Å². The minimum Gasteiger partial charge on any atom is -0.480 e. The van der Waals surface area contributed by atoms with Gasteiger partial charge in [-0.3, -0.25) is 19.2 Å². The summed E-state index contributed by atoms with van der Waals surface area (Å²) in [5, 5.41) is 13.8. The van der Waals surface area contributed by atoms with Crippen LogP contribution in [0.4, 0.5) is 0 Å². The number of hydrogen-bond donors (Lipinski definition) is 6. The van der Waals surface area contributed by atoms with Gasteiger partial charge in [-0.25, -0.2) is 4.79 Å². The molecular formula is C15H27N5O6. The summed E-state index contributed by atoms with van der Waals surface area (Å²) in [5.74, 6) is -4.39. The highest BCUT2D eigenvalue weighted by atomic mass is 16.4. The van der Waals surface area contributed by atoms with E-state index in [1.165, 1.54) is 0 Å². The fourth-order valence-corrected chi connectivity index (χ4v) is 2.03. The fourth-order valence-electron chi connectivity index (χ4n) is 2.03. The van der Waals surface area contributed by atoms with E-state index < -0.39 is 47.7 Å². The second-order valence-corrected chi connectivity index (χ2v) is 6.25. The Morgan fingerprint density at radius 1 is 0.885 bits per heavy atom. The van der Waals surface area contributed by atoms with E-state index in [0.29, 0.717) is 0 Å². The summed E-state index contributed by atoms with van der Waals surface area (Å²) >= 11 is 0. The minimum atomic E-state index is -1.33. The molecule has 0 rings (SSSR count). The Morgan fingerprint density at radius 2 is 1.38 bits per heavy atom. The smallest absolute Gasteiger partial charge is 0.326 e. The number of aliphatic carboxylic acids is 1. The largest absolute Gasteiger partial charge is 0.480 e. The first kappa shape index (κ1) is 23.3. The lowest BCUT2D eigenvalue weighted by molar-refractivity contribution is -0.142. The van der Waals surface area contributed by atoms with E-state index in [4.69, 9.17) is 22.3 Å². The molecule has 0 saturated heterocycles. The van der Waals surface area contributed by atoms with E-state index in [1.807, 2.05) is 0 Å². The van der Waals surface area contributed by atoms with Gasteiger partial charge in [-0.2, -0.15) is 0 Å². The fraction of sp³-hybridized carbons (Fsp3) is 0.667. The first-order valence-corrected chi connectivity index (χ1v) is 8.11. The number of carbonyl (C=O) groups is 5. The normalized spacial score (nSPS) is 14.2. The Morgan fingerprint density at radius 3 is 1.81 bits per heavy atom. The van der Waals surface area contributed by atoms with Crippen LogP contribution in [0, 0.1) is 5.92 Å². The Bertz CT molecular complexity index is 551. The van der Waals surface area contributed by atoms with Gasteiger partial charge in [0.1, 0.15) is 12.1 Å². The lowest BCUT2D eigenvalue weighted by atomic mass is 10.0. The number of primary amides is 2. The van der Waals surface area contributed by atoms with Gasteiger partial charge in [-0.05, 0) is 18.8 Å². The molecule has 148 valence electrons. The van der Waals surface area contributed by atoms with E-state index in [0.717, 1.165) is 0 Å². The molecule has 0 bridgehead atoms. The van der Waals surface area contributed by atoms with Crippen LogP contribution in [0.5, 0.6) is 0 Å². The summed E-state index contributed by atoms with van der Waals surface area (Å²) in [4.78, 5) is 57.2. The van der Waals surface area contributed by atoms with Crippen molar-refractivity contribution in [2.75, 3.05) is 0 Å². The number of hydrogen-bond acceptors (Lipinski definition) is 6. The molecule has 0 radical (unpaired) electrons. The van der Waals surface area contributed by atoms with E-state index in [-0.39, 0.29) is 31.6 Å². The second kappa shape index (κ2) is 11.0. The Hall–Kier alpha value is -2.69. The molecule has 11 nitrogen and oxygen atoms in total. The van der Waals surface area contributed by atoms with Crippen molar-refractivity contribution >= 4 is 29.6 Å². The van der Waals surface area contributed by atoms with Crippen molar-refractivity contribution in [3.05, 3.63) is 0 Å². The van der Waals surface area contributed by atoms with Gasteiger partial charge in [0, 0.05) is 12.8 Å². The topological polar surface area (TPSA) is 208 Å². The van der Waals surface area contributed by atoms with Crippen LogP contribution >= 0.6 is 0 Å². The summed E-state index contributed by atoms with van der Waals surface area (Å²) in [6.07, 6.45) is -0.452. The Labute approximate surface area is 151 Å². The zero-order chi connectivity index (χ0) is 20.4. The first-order valence-electron chi connectivity index (χ1n) is 8.11. The SMILES string of the molecule is CC(C)[C@H](NC(=O)[C@@H](N)CCC(N)=O)C(=O)N[C@@H](CCC(N)=O)C(=O)O. The van der Waals surface area contributed by atoms with Gasteiger partial charge in [0.15, 0.2) is 0 Å². The van der Waals surface area contributed by atoms with Crippen LogP contribution in [0.15, 0.2) is 0 Å². The van der Waals surface area contributed by atoms with Gasteiger partial charge in [-0.15, -0.1) is 0 Å². The molecule has 3 atom stereocenters. The zero-order valence-electron chi connectivity index (χ0n) is 14.9. The average molecular weight is 373 g/mol. The van der Waals surface area contributed by atoms with Crippen molar-refractivity contribution in [3.63, 3.8) is 0 Å². The predicted octanol–water partition coefficient (Wildman–Crippen LogP) is -2.45. The van der Waals surface area contributed by atoms with Gasteiger partial charge in [-0.1, -0.05) is 13.8 Å². The van der Waals surface area contributed by atoms with E-state index in [2.05, 4.69) is 10.6 Å². The summed E-state index contributed by atoms with van der Waals surface area (Å²) in [6, 6.07) is -3.41. The first-order chi connectivity index (χ1) is 12.0. The number of rotatable bonds is 12. The summed E-state index contributed by atoms with van der Waals surface area (Å²) in [5.41, 5.74) is 15.6. The van der Waals surface area contributed by atoms with Crippen LogP contribution in [-0.2, 0) is 24.0 Å². The highest BCUT2D eigenvalue weighted by Gasteiger charge is 2.30. The molecule has 4 amide bonds. The third-order valence-corrected chi connectivity index (χ3v) is 3.58. The lowest BCUT2D eigenvalue weighted by Gasteiger charge is -2.25. The third-order valence-electron chi connectivity index (χ3n) is 3.58. The Kier molecular flexibility index (Phi) is 9.89. The quantitative estimate of drug-likeness (QED) is 0.217. The number of carboxylic acid groups (broad SMARTS) is 1. The summed E-state index contributed by atoms with van der Waals surface area (Å²) in [7, 11) is 0. The molecule has 0 aromatic carbocycles. The maximum Gasteiger partial charge on any atom is 0.326 e. The van der Waals surface area contributed by atoms with Crippen LogP contribution in [0.3, 0.4) is 0 Å². The van der Waals surface area contributed by atoms with Gasteiger partial charge >= 0.3 is 5.97 Å². The highest BCUT2D eigenvalue weighted by molar-refractivity contribution is 5.92. The van der Waals surface area contributed by atoms with Gasteiger partial charge in [0.05, 0.1) is 6.04 Å². The molecule has 26 heavy (non-hydrogen) atoms. The number of carbonyl (C=O) groups excluding carboxylic acids is 4. The molecule has 0 saturated carbocycles. The molecule has 0 aromatic heterocycles. The molecule has 9 N–H and O–H groups in total. The van der Waals surface area contributed by atoms with Crippen LogP contribution in [0.1, 0.15) is 39.5 Å². The van der Waals surface area contributed by atoms with Crippen LogP contribution in [0.2, 0.25) is 0 Å². The zero-order valence-corrected chi connectivity index (χ0v) is 14.9. The van der Waals surface area contributed by atoms with E-state index in [1.54, 1.807) is 13.8 Å². The number of nitrogens with two attached hydrogens (primary N) is 3. The molecule has 11 heteroatoms. The highest BCUT2D eigenvalue weighted by Crippen LogP contribution is 2.06. The molecule has 0 aliphatic rings. The maximum absolute atomic E-state index is 12.3. The molecule has 0 unspecified atom stereocenters. The standard InChI is InChI=1S/C15H27N5O6/c1-7(2)12(20-13(23)8(16)3-5-10(17)21)14(24)19-9(15(25)26)4-6-11(18)22/h7-9,12H,3-6,16H2,1-2H3,(H2,17,21)(H2,18,22)(H,19,24)(H,20,23)(H,25,26)/t8-,9-,12-/m0/s1. The molecule has 0 aromatic rings. The van der Waals surface area contributed by atoms with Crippen molar-refractivity contribution in [2.45, 2.75) is 57.7 Å². The molecule has 0 aliphatic carbocycles. The van der Waals surface area contributed by atoms with Crippen molar-refractivity contribution in [1.29, 1.82) is 0 Å². The van der Waals surface area contributed by atoms with Crippen molar-refractivity contribution in [3.8, 4) is 0 Å². The molecule has 0 fully saturated rings. The Balaban J connectivity index is 4.92. The van der Waals surface area contributed by atoms with Crippen molar-refractivity contribution in [2.24, 2.45) is 23.1 Å². The molecular weight excluding hydrogens is 346 g/mol. The minimum absolute atomic E-state index is 0.0178. The van der Waals surface area contributed by atoms with Crippen LogP contribution < -0.4 is 27.8 Å². The second-order valence-electron chi connectivity index (χ2n) is 6.25. The summed E-state index contributed by atoms with van der Waals surface area (Å²) in [6.45, 7) is 3.30. The van der Waals surface area contributed by atoms with Crippen LogP contribution in [-0.4, -0.2) is 52.8 Å². The summed E-state index contributed by atoms with van der Waals surface area (Å²) < 4.78 is 0. The molecule has 0 spiro atoms. The van der Waals surface area contributed by atoms with Gasteiger partial charge in [0.25, 0.3) is 0 Å². The van der Waals surface area contributed by atoms with E-state index >= 15 is 0 Å². The molecule has 0 aliphatic heterocycles. The van der Waals surface area contributed by atoms with Crippen molar-refractivity contribution in [1.82, 2.24) is 10.6 Å². The van der Waals surface area contributed by atoms with Crippen molar-refractivity contribution < 1.29 is 29.1 Å². The number of nitrogens with one attached hydrogen (secondary N) is 2. The lowest BCUT2D eigenvalue weighted by Crippen LogP contribution is -2.56. The number of amides is 4. The number of carboxylic acids is 1. The monoisotopic (exact) mass is 373 g/mol. The van der Waals surface area contributed by atoms with E-state index in [9.17, 15) is 24.0 Å². The average Bonchev–Trinajstić information content (AvgIpc) is 2.52. The van der Waals surface area contributed by atoms with Gasteiger partial charge in [0.2, 0.25) is 23.6 Å². The van der Waals surface area contributed by atoms with Crippen LogP contribution in [0.25, 0.3) is 0 Å².